The van der Waals surface area contributed by atoms with Crippen molar-refractivity contribution in [2.45, 2.75) is 57.4 Å². The van der Waals surface area contributed by atoms with Gasteiger partial charge in [0.25, 0.3) is 0 Å². The number of piperidine rings is 1. The van der Waals surface area contributed by atoms with Crippen LogP contribution in [0.2, 0.25) is 0 Å². The maximum absolute atomic E-state index is 13.0. The summed E-state index contributed by atoms with van der Waals surface area (Å²) in [7, 11) is -2.06. The quantitative estimate of drug-likeness (QED) is 0.787. The first kappa shape index (κ1) is 20.7. The predicted octanol–water partition coefficient (Wildman–Crippen LogP) is 2.71. The lowest BCUT2D eigenvalue weighted by Crippen LogP contribution is -2.47. The second kappa shape index (κ2) is 8.86. The Morgan fingerprint density at radius 2 is 2.15 bits per heavy atom. The van der Waals surface area contributed by atoms with Crippen LogP contribution in [0, 0.1) is 12.8 Å². The van der Waals surface area contributed by atoms with E-state index in [1.807, 2.05) is 13.8 Å². The summed E-state index contributed by atoms with van der Waals surface area (Å²) in [6, 6.07) is 4.97. The molecule has 1 saturated heterocycles. The molecule has 0 saturated carbocycles. The van der Waals surface area contributed by atoms with Crippen LogP contribution in [0.3, 0.4) is 0 Å². The highest BCUT2D eigenvalue weighted by Gasteiger charge is 2.33. The van der Waals surface area contributed by atoms with E-state index in [4.69, 9.17) is 4.74 Å². The van der Waals surface area contributed by atoms with E-state index in [1.54, 1.807) is 25.3 Å². The summed E-state index contributed by atoms with van der Waals surface area (Å²) in [6.45, 7) is 6.56. The van der Waals surface area contributed by atoms with Gasteiger partial charge in [0.05, 0.1) is 17.9 Å². The summed E-state index contributed by atoms with van der Waals surface area (Å²) in [5.41, 5.74) is 0.772. The fraction of sp³-hybridized carbons (Fsp3) is 0.632. The molecule has 146 valence electrons. The van der Waals surface area contributed by atoms with Crippen LogP contribution >= 0.6 is 0 Å². The molecule has 26 heavy (non-hydrogen) atoms. The molecule has 0 aromatic heterocycles. The third-order valence-corrected chi connectivity index (χ3v) is 6.73. The number of amides is 1. The van der Waals surface area contributed by atoms with Gasteiger partial charge < -0.3 is 10.1 Å². The van der Waals surface area contributed by atoms with Crippen molar-refractivity contribution in [1.29, 1.82) is 0 Å². The highest BCUT2D eigenvalue weighted by Crippen LogP contribution is 2.27. The molecule has 7 heteroatoms. The van der Waals surface area contributed by atoms with Gasteiger partial charge in [-0.25, -0.2) is 8.42 Å². The second-order valence-corrected chi connectivity index (χ2v) is 8.97. The molecule has 0 spiro atoms. The Morgan fingerprint density at radius 3 is 2.77 bits per heavy atom. The van der Waals surface area contributed by atoms with Gasteiger partial charge in [-0.3, -0.25) is 4.79 Å². The normalized spacial score (nSPS) is 19.8. The number of carbonyl (C=O) groups is 1. The van der Waals surface area contributed by atoms with Crippen molar-refractivity contribution in [3.63, 3.8) is 0 Å². The molecule has 2 atom stereocenters. The van der Waals surface area contributed by atoms with Crippen molar-refractivity contribution in [2.24, 2.45) is 5.92 Å². The lowest BCUT2D eigenvalue weighted by Gasteiger charge is -2.32. The predicted molar refractivity (Wildman–Crippen MR) is 102 cm³/mol. The molecule has 0 bridgehead atoms. The SMILES string of the molecule is CCC[C@H](C)NC(=O)[C@@H]1CCCN(S(=O)(=O)c2ccc(OC)c(C)c2)C1. The number of methoxy groups -OCH3 is 1. The van der Waals surface area contributed by atoms with E-state index >= 15 is 0 Å². The summed E-state index contributed by atoms with van der Waals surface area (Å²) < 4.78 is 32.6. The fourth-order valence-electron chi connectivity index (χ4n) is 3.40. The molecule has 1 amide bonds. The van der Waals surface area contributed by atoms with Gasteiger partial charge in [0.15, 0.2) is 0 Å². The fourth-order valence-corrected chi connectivity index (χ4v) is 5.01. The third kappa shape index (κ3) is 4.76. The van der Waals surface area contributed by atoms with E-state index in [0.717, 1.165) is 24.8 Å². The maximum atomic E-state index is 13.0. The number of hydrogen-bond donors (Lipinski definition) is 1. The Kier molecular flexibility index (Phi) is 7.06. The average Bonchev–Trinajstić information content (AvgIpc) is 2.61. The van der Waals surface area contributed by atoms with Gasteiger partial charge in [-0.2, -0.15) is 4.31 Å². The number of ether oxygens (including phenoxy) is 1. The molecule has 2 rings (SSSR count). The number of rotatable bonds is 7. The average molecular weight is 383 g/mol. The van der Waals surface area contributed by atoms with E-state index in [9.17, 15) is 13.2 Å². The third-order valence-electron chi connectivity index (χ3n) is 4.87. The number of carbonyl (C=O) groups excluding carboxylic acids is 1. The van der Waals surface area contributed by atoms with Crippen molar-refractivity contribution >= 4 is 15.9 Å². The molecule has 0 unspecified atom stereocenters. The van der Waals surface area contributed by atoms with Crippen LogP contribution in [0.5, 0.6) is 5.75 Å². The number of hydrogen-bond acceptors (Lipinski definition) is 4. The molecular formula is C19H30N2O4S. The van der Waals surface area contributed by atoms with Gasteiger partial charge in [0.1, 0.15) is 5.75 Å². The molecule has 1 aliphatic rings. The zero-order valence-corrected chi connectivity index (χ0v) is 16.9. The minimum atomic E-state index is -3.62. The first-order chi connectivity index (χ1) is 12.3. The molecule has 1 aliphatic heterocycles. The molecular weight excluding hydrogens is 352 g/mol. The summed E-state index contributed by atoms with van der Waals surface area (Å²) in [5.74, 6) is 0.318. The lowest BCUT2D eigenvalue weighted by molar-refractivity contribution is -0.126. The maximum Gasteiger partial charge on any atom is 0.243 e. The number of aryl methyl sites for hydroxylation is 1. The van der Waals surface area contributed by atoms with Crippen LogP contribution in [0.1, 0.15) is 45.1 Å². The van der Waals surface area contributed by atoms with Crippen LogP contribution < -0.4 is 10.1 Å². The number of nitrogens with zero attached hydrogens (tertiary/aromatic N) is 1. The standard InChI is InChI=1S/C19H30N2O4S/c1-5-7-15(3)20-19(22)16-8-6-11-21(13-16)26(23,24)17-9-10-18(25-4)14(2)12-17/h9-10,12,15-16H,5-8,11,13H2,1-4H3,(H,20,22)/t15-,16+/m0/s1. The number of nitrogens with one attached hydrogen (secondary N) is 1. The minimum Gasteiger partial charge on any atom is -0.496 e. The van der Waals surface area contributed by atoms with E-state index < -0.39 is 10.0 Å². The molecule has 1 aromatic carbocycles. The zero-order valence-electron chi connectivity index (χ0n) is 16.1. The van der Waals surface area contributed by atoms with Gasteiger partial charge in [0, 0.05) is 19.1 Å². The van der Waals surface area contributed by atoms with Crippen molar-refractivity contribution in [2.75, 3.05) is 20.2 Å². The molecule has 1 aromatic rings. The van der Waals surface area contributed by atoms with Crippen LogP contribution in [0.15, 0.2) is 23.1 Å². The van der Waals surface area contributed by atoms with Crippen LogP contribution in [-0.4, -0.2) is 44.9 Å². The zero-order chi connectivity index (χ0) is 19.3. The molecule has 0 radical (unpaired) electrons. The van der Waals surface area contributed by atoms with E-state index in [-0.39, 0.29) is 29.3 Å². The summed E-state index contributed by atoms with van der Waals surface area (Å²) in [4.78, 5) is 12.7. The highest BCUT2D eigenvalue weighted by molar-refractivity contribution is 7.89. The van der Waals surface area contributed by atoms with E-state index in [2.05, 4.69) is 12.2 Å². The topological polar surface area (TPSA) is 75.7 Å². The number of benzene rings is 1. The minimum absolute atomic E-state index is 0.0447. The molecule has 1 fully saturated rings. The van der Waals surface area contributed by atoms with Crippen molar-refractivity contribution < 1.29 is 17.9 Å². The summed E-state index contributed by atoms with van der Waals surface area (Å²) in [6.07, 6.45) is 3.34. The second-order valence-electron chi connectivity index (χ2n) is 7.03. The van der Waals surface area contributed by atoms with Crippen LogP contribution in [0.4, 0.5) is 0 Å². The van der Waals surface area contributed by atoms with Gasteiger partial charge in [-0.15, -0.1) is 0 Å². The first-order valence-electron chi connectivity index (χ1n) is 9.24. The molecule has 1 heterocycles. The highest BCUT2D eigenvalue weighted by atomic mass is 32.2. The Balaban J connectivity index is 2.12. The van der Waals surface area contributed by atoms with Crippen LogP contribution in [-0.2, 0) is 14.8 Å². The Labute approximate surface area is 157 Å². The number of sulfonamides is 1. The van der Waals surface area contributed by atoms with Gasteiger partial charge in [0.2, 0.25) is 15.9 Å². The van der Waals surface area contributed by atoms with Gasteiger partial charge in [-0.05, 0) is 56.9 Å². The first-order valence-corrected chi connectivity index (χ1v) is 10.7. The molecule has 0 aliphatic carbocycles. The lowest BCUT2D eigenvalue weighted by atomic mass is 9.98. The summed E-state index contributed by atoms with van der Waals surface area (Å²) >= 11 is 0. The molecule has 6 nitrogen and oxygen atoms in total. The Bertz CT molecular complexity index is 733. The van der Waals surface area contributed by atoms with Gasteiger partial charge in [-0.1, -0.05) is 13.3 Å². The van der Waals surface area contributed by atoms with Gasteiger partial charge >= 0.3 is 0 Å². The summed E-state index contributed by atoms with van der Waals surface area (Å²) in [5, 5.41) is 3.01. The van der Waals surface area contributed by atoms with Crippen molar-refractivity contribution in [3.8, 4) is 5.75 Å². The molecule has 1 N–H and O–H groups in total. The Hall–Kier alpha value is -1.60. The van der Waals surface area contributed by atoms with E-state index in [1.165, 1.54) is 4.31 Å². The van der Waals surface area contributed by atoms with Crippen molar-refractivity contribution in [3.05, 3.63) is 23.8 Å². The monoisotopic (exact) mass is 382 g/mol. The Morgan fingerprint density at radius 1 is 1.42 bits per heavy atom. The van der Waals surface area contributed by atoms with Crippen LogP contribution in [0.25, 0.3) is 0 Å². The van der Waals surface area contributed by atoms with Crippen molar-refractivity contribution in [1.82, 2.24) is 9.62 Å². The van der Waals surface area contributed by atoms with E-state index in [0.29, 0.717) is 18.7 Å². The smallest absolute Gasteiger partial charge is 0.243 e. The largest absolute Gasteiger partial charge is 0.496 e.